The molecule has 1 rings (SSSR count). The summed E-state index contributed by atoms with van der Waals surface area (Å²) in [5.74, 6) is 0.496. The fourth-order valence-corrected chi connectivity index (χ4v) is 1.90. The molecule has 1 aliphatic rings. The summed E-state index contributed by atoms with van der Waals surface area (Å²) < 4.78 is 10.8. The molecular formula is C15H29NO3. The van der Waals surface area contributed by atoms with Crippen molar-refractivity contribution in [3.05, 3.63) is 0 Å². The van der Waals surface area contributed by atoms with E-state index in [4.69, 9.17) is 9.47 Å². The first-order chi connectivity index (χ1) is 8.98. The van der Waals surface area contributed by atoms with E-state index < -0.39 is 5.54 Å². The largest absolute Gasteiger partial charge is 0.465 e. The van der Waals surface area contributed by atoms with Crippen molar-refractivity contribution in [3.63, 3.8) is 0 Å². The molecule has 1 atom stereocenters. The van der Waals surface area contributed by atoms with Gasteiger partial charge in [0.25, 0.3) is 0 Å². The summed E-state index contributed by atoms with van der Waals surface area (Å²) in [6, 6.07) is 0.477. The van der Waals surface area contributed by atoms with E-state index in [0.717, 1.165) is 25.9 Å². The van der Waals surface area contributed by atoms with Crippen LogP contribution in [0.3, 0.4) is 0 Å². The summed E-state index contributed by atoms with van der Waals surface area (Å²) in [5, 5.41) is 3.40. The second-order valence-electron chi connectivity index (χ2n) is 6.02. The topological polar surface area (TPSA) is 47.6 Å². The molecule has 1 aliphatic carbocycles. The Labute approximate surface area is 117 Å². The highest BCUT2D eigenvalue weighted by Gasteiger charge is 2.39. The van der Waals surface area contributed by atoms with Crippen molar-refractivity contribution in [1.82, 2.24) is 5.32 Å². The standard InChI is InChI=1S/C15H29NO3/c1-5-19-14(17)15(4,16-13-6-7-13)9-11-18-10-8-12(2)3/h12-13,16H,5-11H2,1-4H3. The summed E-state index contributed by atoms with van der Waals surface area (Å²) in [6.07, 6.45) is 4.04. The Kier molecular flexibility index (Phi) is 6.80. The Morgan fingerprint density at radius 2 is 2.05 bits per heavy atom. The molecule has 0 spiro atoms. The smallest absolute Gasteiger partial charge is 0.326 e. The molecule has 19 heavy (non-hydrogen) atoms. The number of carbonyl (C=O) groups excluding carboxylic acids is 1. The fourth-order valence-electron chi connectivity index (χ4n) is 1.90. The Bertz CT molecular complexity index is 277. The SMILES string of the molecule is CCOC(=O)C(C)(CCOCCC(C)C)NC1CC1. The zero-order valence-corrected chi connectivity index (χ0v) is 12.8. The van der Waals surface area contributed by atoms with Gasteiger partial charge < -0.3 is 9.47 Å². The normalized spacial score (nSPS) is 18.4. The minimum absolute atomic E-state index is 0.158. The first kappa shape index (κ1) is 16.4. The summed E-state index contributed by atoms with van der Waals surface area (Å²) in [5.41, 5.74) is -0.602. The van der Waals surface area contributed by atoms with Crippen LogP contribution in [0.5, 0.6) is 0 Å². The van der Waals surface area contributed by atoms with Gasteiger partial charge in [0.05, 0.1) is 6.61 Å². The minimum atomic E-state index is -0.602. The van der Waals surface area contributed by atoms with E-state index in [-0.39, 0.29) is 5.97 Å². The van der Waals surface area contributed by atoms with E-state index >= 15 is 0 Å². The molecule has 1 unspecified atom stereocenters. The van der Waals surface area contributed by atoms with Gasteiger partial charge in [-0.3, -0.25) is 10.1 Å². The van der Waals surface area contributed by atoms with Crippen molar-refractivity contribution in [2.75, 3.05) is 19.8 Å². The highest BCUT2D eigenvalue weighted by molar-refractivity contribution is 5.80. The van der Waals surface area contributed by atoms with Crippen LogP contribution in [0.4, 0.5) is 0 Å². The maximum atomic E-state index is 12.1. The second-order valence-corrected chi connectivity index (χ2v) is 6.02. The molecule has 0 bridgehead atoms. The third kappa shape index (κ3) is 6.39. The van der Waals surface area contributed by atoms with Crippen molar-refractivity contribution in [2.24, 2.45) is 5.92 Å². The highest BCUT2D eigenvalue weighted by Crippen LogP contribution is 2.25. The first-order valence-electron chi connectivity index (χ1n) is 7.50. The molecule has 1 N–H and O–H groups in total. The lowest BCUT2D eigenvalue weighted by molar-refractivity contribution is -0.151. The van der Waals surface area contributed by atoms with E-state index in [1.807, 2.05) is 13.8 Å². The lowest BCUT2D eigenvalue weighted by atomic mass is 9.98. The third-order valence-electron chi connectivity index (χ3n) is 3.41. The number of ether oxygens (including phenoxy) is 2. The van der Waals surface area contributed by atoms with Gasteiger partial charge in [-0.25, -0.2) is 0 Å². The number of rotatable bonds is 10. The van der Waals surface area contributed by atoms with Gasteiger partial charge in [-0.15, -0.1) is 0 Å². The van der Waals surface area contributed by atoms with Crippen molar-refractivity contribution in [3.8, 4) is 0 Å². The van der Waals surface area contributed by atoms with Gasteiger partial charge in [-0.05, 0) is 45.4 Å². The first-order valence-corrected chi connectivity index (χ1v) is 7.50. The Balaban J connectivity index is 2.33. The Hall–Kier alpha value is -0.610. The second kappa shape index (κ2) is 7.85. The van der Waals surface area contributed by atoms with Gasteiger partial charge in [-0.2, -0.15) is 0 Å². The number of carbonyl (C=O) groups is 1. The number of hydrogen-bond acceptors (Lipinski definition) is 4. The van der Waals surface area contributed by atoms with Gasteiger partial charge in [-0.1, -0.05) is 13.8 Å². The van der Waals surface area contributed by atoms with E-state index in [9.17, 15) is 4.79 Å². The maximum absolute atomic E-state index is 12.1. The molecule has 1 fully saturated rings. The minimum Gasteiger partial charge on any atom is -0.465 e. The van der Waals surface area contributed by atoms with Crippen LogP contribution in [0.15, 0.2) is 0 Å². The van der Waals surface area contributed by atoms with Crippen LogP contribution < -0.4 is 5.32 Å². The lowest BCUT2D eigenvalue weighted by Crippen LogP contribution is -2.52. The van der Waals surface area contributed by atoms with Crippen LogP contribution in [-0.2, 0) is 14.3 Å². The van der Waals surface area contributed by atoms with E-state index in [2.05, 4.69) is 19.2 Å². The van der Waals surface area contributed by atoms with E-state index in [0.29, 0.717) is 31.6 Å². The molecule has 0 aromatic heterocycles. The van der Waals surface area contributed by atoms with Crippen LogP contribution in [0, 0.1) is 5.92 Å². The molecule has 0 saturated heterocycles. The third-order valence-corrected chi connectivity index (χ3v) is 3.41. The van der Waals surface area contributed by atoms with Crippen LogP contribution in [-0.4, -0.2) is 37.4 Å². The van der Waals surface area contributed by atoms with E-state index in [1.54, 1.807) is 0 Å². The molecule has 4 heteroatoms. The Morgan fingerprint density at radius 3 is 2.58 bits per heavy atom. The predicted molar refractivity (Wildman–Crippen MR) is 76.1 cm³/mol. The van der Waals surface area contributed by atoms with Gasteiger partial charge in [0.15, 0.2) is 0 Å². The average Bonchev–Trinajstić information content (AvgIpc) is 3.12. The van der Waals surface area contributed by atoms with Crippen LogP contribution >= 0.6 is 0 Å². The lowest BCUT2D eigenvalue weighted by Gasteiger charge is -2.28. The van der Waals surface area contributed by atoms with Crippen molar-refractivity contribution in [2.45, 2.75) is 65.0 Å². The molecule has 0 radical (unpaired) electrons. The molecule has 0 aliphatic heterocycles. The van der Waals surface area contributed by atoms with Gasteiger partial charge in [0, 0.05) is 19.3 Å². The molecule has 0 aromatic rings. The van der Waals surface area contributed by atoms with Crippen LogP contribution in [0.25, 0.3) is 0 Å². The quantitative estimate of drug-likeness (QED) is 0.490. The predicted octanol–water partition coefficient (Wildman–Crippen LogP) is 2.51. The summed E-state index contributed by atoms with van der Waals surface area (Å²) in [6.45, 7) is 9.92. The van der Waals surface area contributed by atoms with Crippen LogP contribution in [0.1, 0.15) is 53.4 Å². The molecule has 112 valence electrons. The molecule has 1 saturated carbocycles. The zero-order chi connectivity index (χ0) is 14.3. The highest BCUT2D eigenvalue weighted by atomic mass is 16.5. The molecule has 0 amide bonds. The van der Waals surface area contributed by atoms with E-state index in [1.165, 1.54) is 0 Å². The molecular weight excluding hydrogens is 242 g/mol. The van der Waals surface area contributed by atoms with Gasteiger partial charge >= 0.3 is 5.97 Å². The van der Waals surface area contributed by atoms with Crippen LogP contribution in [0.2, 0.25) is 0 Å². The average molecular weight is 271 g/mol. The molecule has 0 aromatic carbocycles. The van der Waals surface area contributed by atoms with Crippen molar-refractivity contribution < 1.29 is 14.3 Å². The Morgan fingerprint density at radius 1 is 1.37 bits per heavy atom. The number of nitrogens with one attached hydrogen (secondary N) is 1. The fraction of sp³-hybridized carbons (Fsp3) is 0.933. The summed E-state index contributed by atoms with van der Waals surface area (Å²) in [7, 11) is 0. The number of esters is 1. The van der Waals surface area contributed by atoms with Gasteiger partial charge in [0.1, 0.15) is 5.54 Å². The van der Waals surface area contributed by atoms with Crippen molar-refractivity contribution in [1.29, 1.82) is 0 Å². The summed E-state index contributed by atoms with van der Waals surface area (Å²) in [4.78, 5) is 12.1. The monoisotopic (exact) mass is 271 g/mol. The molecule has 4 nitrogen and oxygen atoms in total. The van der Waals surface area contributed by atoms with Gasteiger partial charge in [0.2, 0.25) is 0 Å². The molecule has 0 heterocycles. The number of hydrogen-bond donors (Lipinski definition) is 1. The van der Waals surface area contributed by atoms with Crippen molar-refractivity contribution >= 4 is 5.97 Å². The summed E-state index contributed by atoms with van der Waals surface area (Å²) >= 11 is 0. The zero-order valence-electron chi connectivity index (χ0n) is 12.8. The maximum Gasteiger partial charge on any atom is 0.326 e.